The Kier molecular flexibility index (Phi) is 7.13. The average Bonchev–Trinajstić information content (AvgIpc) is 2.75. The number of primary amides is 1. The summed E-state index contributed by atoms with van der Waals surface area (Å²) in [6.45, 7) is 2.32. The Labute approximate surface area is 176 Å². The third-order valence-electron chi connectivity index (χ3n) is 5.21. The van der Waals surface area contributed by atoms with Gasteiger partial charge in [-0.25, -0.2) is 4.79 Å². The van der Waals surface area contributed by atoms with Crippen LogP contribution in [-0.4, -0.2) is 61.6 Å². The van der Waals surface area contributed by atoms with Crippen LogP contribution in [0.4, 0.5) is 10.5 Å². The Morgan fingerprint density at radius 3 is 2.17 bits per heavy atom. The summed E-state index contributed by atoms with van der Waals surface area (Å²) in [6.07, 6.45) is 0.197. The summed E-state index contributed by atoms with van der Waals surface area (Å²) < 4.78 is 10.3. The molecule has 1 aliphatic rings. The molecule has 1 heterocycles. The third kappa shape index (κ3) is 5.64. The number of hydrogen-bond acceptors (Lipinski definition) is 5. The molecule has 3 N–H and O–H groups in total. The van der Waals surface area contributed by atoms with Gasteiger partial charge in [0.25, 0.3) is 0 Å². The number of carbonyl (C=O) groups is 2. The van der Waals surface area contributed by atoms with Crippen LogP contribution in [-0.2, 0) is 11.3 Å². The number of ether oxygens (including phenoxy) is 2. The molecule has 160 valence electrons. The molecule has 0 aromatic heterocycles. The van der Waals surface area contributed by atoms with E-state index in [0.29, 0.717) is 31.9 Å². The van der Waals surface area contributed by atoms with Gasteiger partial charge in [0.2, 0.25) is 5.91 Å². The van der Waals surface area contributed by atoms with Gasteiger partial charge in [-0.2, -0.15) is 0 Å². The maximum absolute atomic E-state index is 12.7. The number of hydrogen-bond donors (Lipinski definition) is 2. The minimum Gasteiger partial charge on any atom is -0.497 e. The van der Waals surface area contributed by atoms with E-state index >= 15 is 0 Å². The molecule has 0 radical (unpaired) electrons. The van der Waals surface area contributed by atoms with E-state index in [2.05, 4.69) is 10.2 Å². The molecular weight excluding hydrogens is 384 g/mol. The standard InChI is InChI=1S/C22H28N4O4/c1-29-19-7-3-16(4-8-19)14-25-11-12-26(15-18(25)13-21(23)27)22(28)24-17-5-9-20(30-2)10-6-17/h3-10,18H,11-15H2,1-2H3,(H2,23,27)(H,24,28). The van der Waals surface area contributed by atoms with Crippen molar-refractivity contribution < 1.29 is 19.1 Å². The first-order chi connectivity index (χ1) is 14.5. The molecule has 0 aliphatic carbocycles. The Bertz CT molecular complexity index is 854. The van der Waals surface area contributed by atoms with Gasteiger partial charge in [0, 0.05) is 44.3 Å². The number of benzene rings is 2. The second kappa shape index (κ2) is 9.98. The Balaban J connectivity index is 1.63. The molecule has 1 unspecified atom stereocenters. The molecule has 0 spiro atoms. The zero-order valence-electron chi connectivity index (χ0n) is 17.3. The van der Waals surface area contributed by atoms with Crippen LogP contribution < -0.4 is 20.5 Å². The van der Waals surface area contributed by atoms with Gasteiger partial charge in [-0.05, 0) is 42.0 Å². The van der Waals surface area contributed by atoms with E-state index in [1.807, 2.05) is 24.3 Å². The van der Waals surface area contributed by atoms with Crippen molar-refractivity contribution in [2.45, 2.75) is 19.0 Å². The summed E-state index contributed by atoms with van der Waals surface area (Å²) in [7, 11) is 3.23. The largest absolute Gasteiger partial charge is 0.497 e. The van der Waals surface area contributed by atoms with Gasteiger partial charge >= 0.3 is 6.03 Å². The molecule has 0 saturated carbocycles. The summed E-state index contributed by atoms with van der Waals surface area (Å²) in [5.74, 6) is 1.14. The number of urea groups is 1. The number of amides is 3. The fourth-order valence-corrected chi connectivity index (χ4v) is 3.55. The average molecular weight is 412 g/mol. The molecule has 3 rings (SSSR count). The monoisotopic (exact) mass is 412 g/mol. The number of anilines is 1. The number of nitrogens with zero attached hydrogens (tertiary/aromatic N) is 2. The summed E-state index contributed by atoms with van der Waals surface area (Å²) in [6, 6.07) is 14.7. The van der Waals surface area contributed by atoms with Crippen LogP contribution in [0.3, 0.4) is 0 Å². The Morgan fingerprint density at radius 2 is 1.60 bits per heavy atom. The lowest BCUT2D eigenvalue weighted by Gasteiger charge is -2.41. The van der Waals surface area contributed by atoms with Crippen molar-refractivity contribution in [3.05, 3.63) is 54.1 Å². The van der Waals surface area contributed by atoms with Gasteiger partial charge in [0.05, 0.1) is 14.2 Å². The van der Waals surface area contributed by atoms with Crippen molar-refractivity contribution in [3.63, 3.8) is 0 Å². The minimum atomic E-state index is -0.378. The predicted molar refractivity (Wildman–Crippen MR) is 115 cm³/mol. The second-order valence-corrected chi connectivity index (χ2v) is 7.25. The number of methoxy groups -OCH3 is 2. The SMILES string of the molecule is COc1ccc(CN2CCN(C(=O)Nc3ccc(OC)cc3)CC2CC(N)=O)cc1. The highest BCUT2D eigenvalue weighted by atomic mass is 16.5. The lowest BCUT2D eigenvalue weighted by molar-refractivity contribution is -0.119. The van der Waals surface area contributed by atoms with Crippen molar-refractivity contribution in [2.75, 3.05) is 39.2 Å². The van der Waals surface area contributed by atoms with Crippen LogP contribution in [0.2, 0.25) is 0 Å². The number of rotatable bonds is 7. The first-order valence-electron chi connectivity index (χ1n) is 9.83. The van der Waals surface area contributed by atoms with E-state index < -0.39 is 0 Å². The van der Waals surface area contributed by atoms with Crippen molar-refractivity contribution in [3.8, 4) is 11.5 Å². The van der Waals surface area contributed by atoms with Crippen molar-refractivity contribution in [2.24, 2.45) is 5.73 Å². The number of nitrogens with one attached hydrogen (secondary N) is 1. The lowest BCUT2D eigenvalue weighted by atomic mass is 10.1. The molecule has 3 amide bonds. The van der Waals surface area contributed by atoms with Crippen LogP contribution in [0.15, 0.2) is 48.5 Å². The van der Waals surface area contributed by atoms with Crippen LogP contribution in [0.25, 0.3) is 0 Å². The summed E-state index contributed by atoms with van der Waals surface area (Å²) in [4.78, 5) is 28.3. The molecule has 2 aromatic rings. The topological polar surface area (TPSA) is 97.1 Å². The Hall–Kier alpha value is -3.26. The molecule has 1 aliphatic heterocycles. The van der Waals surface area contributed by atoms with Crippen molar-refractivity contribution >= 4 is 17.6 Å². The number of nitrogens with two attached hydrogens (primary N) is 1. The maximum Gasteiger partial charge on any atom is 0.321 e. The van der Waals surface area contributed by atoms with E-state index in [-0.39, 0.29) is 24.4 Å². The normalized spacial score (nSPS) is 16.7. The van der Waals surface area contributed by atoms with Crippen LogP contribution >= 0.6 is 0 Å². The molecule has 8 nitrogen and oxygen atoms in total. The molecule has 1 saturated heterocycles. The van der Waals surface area contributed by atoms with Gasteiger partial charge < -0.3 is 25.4 Å². The fourth-order valence-electron chi connectivity index (χ4n) is 3.55. The third-order valence-corrected chi connectivity index (χ3v) is 5.21. The molecule has 2 aromatic carbocycles. The van der Waals surface area contributed by atoms with Gasteiger partial charge in [-0.15, -0.1) is 0 Å². The highest BCUT2D eigenvalue weighted by Gasteiger charge is 2.30. The van der Waals surface area contributed by atoms with Crippen LogP contribution in [0.5, 0.6) is 11.5 Å². The summed E-state index contributed by atoms with van der Waals surface area (Å²) in [5, 5.41) is 2.90. The van der Waals surface area contributed by atoms with Gasteiger partial charge in [-0.1, -0.05) is 12.1 Å². The van der Waals surface area contributed by atoms with Gasteiger partial charge in [0.1, 0.15) is 11.5 Å². The smallest absolute Gasteiger partial charge is 0.321 e. The summed E-state index contributed by atoms with van der Waals surface area (Å²) >= 11 is 0. The number of carbonyl (C=O) groups excluding carboxylic acids is 2. The highest BCUT2D eigenvalue weighted by molar-refractivity contribution is 5.89. The molecule has 30 heavy (non-hydrogen) atoms. The zero-order chi connectivity index (χ0) is 21.5. The molecule has 0 bridgehead atoms. The van der Waals surface area contributed by atoms with Crippen molar-refractivity contribution in [1.29, 1.82) is 0 Å². The quantitative estimate of drug-likeness (QED) is 0.727. The predicted octanol–water partition coefficient (Wildman–Crippen LogP) is 2.30. The maximum atomic E-state index is 12.7. The van der Waals surface area contributed by atoms with Crippen molar-refractivity contribution in [1.82, 2.24) is 9.80 Å². The fraction of sp³-hybridized carbons (Fsp3) is 0.364. The minimum absolute atomic E-state index is 0.139. The molecule has 8 heteroatoms. The van der Waals surface area contributed by atoms with Crippen LogP contribution in [0.1, 0.15) is 12.0 Å². The van der Waals surface area contributed by atoms with Crippen LogP contribution in [0, 0.1) is 0 Å². The molecular formula is C22H28N4O4. The van der Waals surface area contributed by atoms with E-state index in [0.717, 1.165) is 17.1 Å². The first kappa shape index (κ1) is 21.4. The zero-order valence-corrected chi connectivity index (χ0v) is 17.3. The highest BCUT2D eigenvalue weighted by Crippen LogP contribution is 2.20. The molecule has 1 fully saturated rings. The summed E-state index contributed by atoms with van der Waals surface area (Å²) in [5.41, 5.74) is 7.28. The van der Waals surface area contributed by atoms with Gasteiger partial charge in [-0.3, -0.25) is 9.69 Å². The van der Waals surface area contributed by atoms with E-state index in [4.69, 9.17) is 15.2 Å². The van der Waals surface area contributed by atoms with Gasteiger partial charge in [0.15, 0.2) is 0 Å². The first-order valence-corrected chi connectivity index (χ1v) is 9.83. The lowest BCUT2D eigenvalue weighted by Crippen LogP contribution is -2.56. The Morgan fingerprint density at radius 1 is 1.00 bits per heavy atom. The van der Waals surface area contributed by atoms with E-state index in [9.17, 15) is 9.59 Å². The second-order valence-electron chi connectivity index (χ2n) is 7.25. The number of piperazine rings is 1. The molecule has 1 atom stereocenters. The van der Waals surface area contributed by atoms with E-state index in [1.54, 1.807) is 43.4 Å². The van der Waals surface area contributed by atoms with E-state index in [1.165, 1.54) is 0 Å².